The van der Waals surface area contributed by atoms with Crippen LogP contribution in [0.3, 0.4) is 0 Å². The van der Waals surface area contributed by atoms with E-state index in [1.807, 2.05) is 45.0 Å². The van der Waals surface area contributed by atoms with Gasteiger partial charge < -0.3 is 19.3 Å². The summed E-state index contributed by atoms with van der Waals surface area (Å²) in [6.07, 6.45) is 1.85. The van der Waals surface area contributed by atoms with Gasteiger partial charge in [-0.1, -0.05) is 35.2 Å². The maximum atomic E-state index is 13.4. The number of aromatic nitrogens is 1. The molecule has 2 heterocycles. The van der Waals surface area contributed by atoms with Gasteiger partial charge in [-0.3, -0.25) is 19.7 Å². The van der Waals surface area contributed by atoms with Crippen molar-refractivity contribution in [3.63, 3.8) is 0 Å². The summed E-state index contributed by atoms with van der Waals surface area (Å²) >= 11 is 2.85. The van der Waals surface area contributed by atoms with Crippen LogP contribution in [0.2, 0.25) is 0 Å². The van der Waals surface area contributed by atoms with Crippen molar-refractivity contribution >= 4 is 46.0 Å². The van der Waals surface area contributed by atoms with Gasteiger partial charge >= 0.3 is 0 Å². The number of rotatable bonds is 9. The van der Waals surface area contributed by atoms with Gasteiger partial charge in [0, 0.05) is 43.6 Å². The van der Waals surface area contributed by atoms with Crippen LogP contribution in [0.15, 0.2) is 51.7 Å². The van der Waals surface area contributed by atoms with E-state index in [1.54, 1.807) is 42.2 Å². The molecule has 1 fully saturated rings. The molecule has 9 nitrogen and oxygen atoms in total. The number of benzene rings is 2. The smallest absolute Gasteiger partial charge is 0.257 e. The lowest BCUT2D eigenvalue weighted by Gasteiger charge is -2.34. The minimum atomic E-state index is -0.236. The number of hydrogen-bond donors (Lipinski definition) is 1. The number of ether oxygens (including phenoxy) is 2. The number of nitrogens with one attached hydrogen (secondary N) is 1. The standard InChI is InChI=1S/C29H34N4O5S2/c1-18(2)38-17-21-6-8-22(9-7-21)27(35)31-29-30-16-26(40-29)39-25-15-23(24(37-5)14-19(25)3)28(36)33-12-10-32(11-13-33)20(4)34/h6-9,14-16,18H,10-13,17H2,1-5H3,(H,30,31,35). The van der Waals surface area contributed by atoms with Crippen molar-refractivity contribution in [1.29, 1.82) is 0 Å². The Bertz CT molecular complexity index is 1370. The number of piperazine rings is 1. The number of anilines is 1. The highest BCUT2D eigenvalue weighted by Crippen LogP contribution is 2.38. The van der Waals surface area contributed by atoms with Gasteiger partial charge in [0.1, 0.15) is 5.75 Å². The van der Waals surface area contributed by atoms with Crippen molar-refractivity contribution in [3.05, 3.63) is 64.8 Å². The molecule has 0 radical (unpaired) electrons. The fourth-order valence-corrected chi connectivity index (χ4v) is 6.10. The van der Waals surface area contributed by atoms with Crippen LogP contribution in [-0.2, 0) is 16.1 Å². The minimum Gasteiger partial charge on any atom is -0.496 e. The van der Waals surface area contributed by atoms with Gasteiger partial charge in [-0.05, 0) is 56.2 Å². The molecule has 4 rings (SSSR count). The lowest BCUT2D eigenvalue weighted by atomic mass is 10.1. The Hall–Kier alpha value is -3.41. The molecule has 0 unspecified atom stereocenters. The maximum Gasteiger partial charge on any atom is 0.257 e. The van der Waals surface area contributed by atoms with Gasteiger partial charge in [0.25, 0.3) is 11.8 Å². The predicted molar refractivity (Wildman–Crippen MR) is 156 cm³/mol. The summed E-state index contributed by atoms with van der Waals surface area (Å²) in [6.45, 7) is 9.96. The third-order valence-corrected chi connectivity index (χ3v) is 8.63. The van der Waals surface area contributed by atoms with E-state index in [2.05, 4.69) is 10.3 Å². The highest BCUT2D eigenvalue weighted by Gasteiger charge is 2.26. The quantitative estimate of drug-likeness (QED) is 0.375. The second-order valence-electron chi connectivity index (χ2n) is 9.71. The van der Waals surface area contributed by atoms with Crippen molar-refractivity contribution in [2.75, 3.05) is 38.6 Å². The molecule has 1 aliphatic heterocycles. The molecule has 0 bridgehead atoms. The Kier molecular flexibility index (Phi) is 9.83. The predicted octanol–water partition coefficient (Wildman–Crippen LogP) is 5.09. The van der Waals surface area contributed by atoms with E-state index in [1.165, 1.54) is 23.1 Å². The molecule has 0 saturated carbocycles. The number of nitrogens with zero attached hydrogens (tertiary/aromatic N) is 3. The first kappa shape index (κ1) is 29.6. The molecule has 1 aliphatic rings. The lowest BCUT2D eigenvalue weighted by molar-refractivity contribution is -0.130. The summed E-state index contributed by atoms with van der Waals surface area (Å²) in [5.74, 6) is 0.172. The summed E-state index contributed by atoms with van der Waals surface area (Å²) in [7, 11) is 1.55. The Morgan fingerprint density at radius 2 is 1.75 bits per heavy atom. The largest absolute Gasteiger partial charge is 0.496 e. The molecular formula is C29H34N4O5S2. The number of hydrogen-bond acceptors (Lipinski definition) is 8. The van der Waals surface area contributed by atoms with Crippen molar-refractivity contribution in [2.45, 2.75) is 49.5 Å². The molecule has 0 aliphatic carbocycles. The second kappa shape index (κ2) is 13.3. The third-order valence-electron chi connectivity index (χ3n) is 6.45. The zero-order chi connectivity index (χ0) is 28.8. The van der Waals surface area contributed by atoms with Crippen molar-refractivity contribution in [3.8, 4) is 5.75 Å². The van der Waals surface area contributed by atoms with Crippen LogP contribution >= 0.6 is 23.1 Å². The molecule has 0 spiro atoms. The van der Waals surface area contributed by atoms with Gasteiger partial charge in [0.05, 0.1) is 35.8 Å². The van der Waals surface area contributed by atoms with E-state index in [0.29, 0.717) is 54.8 Å². The van der Waals surface area contributed by atoms with Gasteiger partial charge in [0.15, 0.2) is 5.13 Å². The average molecular weight is 583 g/mol. The third kappa shape index (κ3) is 7.41. The van der Waals surface area contributed by atoms with Gasteiger partial charge in [-0.2, -0.15) is 0 Å². The van der Waals surface area contributed by atoms with Crippen molar-refractivity contribution in [1.82, 2.24) is 14.8 Å². The van der Waals surface area contributed by atoms with Crippen LogP contribution in [0.4, 0.5) is 5.13 Å². The zero-order valence-corrected chi connectivity index (χ0v) is 25.0. The Labute approximate surface area is 242 Å². The summed E-state index contributed by atoms with van der Waals surface area (Å²) < 4.78 is 12.0. The lowest BCUT2D eigenvalue weighted by Crippen LogP contribution is -2.50. The molecule has 212 valence electrons. The fraction of sp³-hybridized carbons (Fsp3) is 0.379. The van der Waals surface area contributed by atoms with Gasteiger partial charge in [-0.25, -0.2) is 4.98 Å². The van der Waals surface area contributed by atoms with Crippen LogP contribution in [0.1, 0.15) is 52.6 Å². The molecular weight excluding hydrogens is 548 g/mol. The van der Waals surface area contributed by atoms with E-state index >= 15 is 0 Å². The summed E-state index contributed by atoms with van der Waals surface area (Å²) in [5, 5.41) is 3.36. The number of thiazole rings is 1. The van der Waals surface area contributed by atoms with Crippen LogP contribution < -0.4 is 10.1 Å². The van der Waals surface area contributed by atoms with Crippen LogP contribution in [0.25, 0.3) is 0 Å². The number of carbonyl (C=O) groups is 3. The normalized spacial score (nSPS) is 13.4. The fourth-order valence-electron chi connectivity index (χ4n) is 4.16. The molecule has 0 atom stereocenters. The molecule has 3 aromatic rings. The topological polar surface area (TPSA) is 101 Å². The van der Waals surface area contributed by atoms with E-state index in [4.69, 9.17) is 9.47 Å². The molecule has 3 amide bonds. The average Bonchev–Trinajstić information content (AvgIpc) is 3.39. The molecule has 40 heavy (non-hydrogen) atoms. The number of aryl methyl sites for hydroxylation is 1. The van der Waals surface area contributed by atoms with E-state index in [-0.39, 0.29) is 23.8 Å². The molecule has 1 saturated heterocycles. The Morgan fingerprint density at radius 1 is 1.07 bits per heavy atom. The number of methoxy groups -OCH3 is 1. The summed E-state index contributed by atoms with van der Waals surface area (Å²) in [5.41, 5.74) is 2.98. The SMILES string of the molecule is COc1cc(C)c(Sc2cnc(NC(=O)c3ccc(COC(C)C)cc3)s2)cc1C(=O)N1CCN(C(C)=O)CC1. The second-order valence-corrected chi connectivity index (χ2v) is 12.1. The Morgan fingerprint density at radius 3 is 2.38 bits per heavy atom. The number of carbonyl (C=O) groups excluding carboxylic acids is 3. The molecule has 2 aromatic carbocycles. The highest BCUT2D eigenvalue weighted by molar-refractivity contribution is 8.01. The highest BCUT2D eigenvalue weighted by atomic mass is 32.2. The minimum absolute atomic E-state index is 0.0175. The molecule has 1 N–H and O–H groups in total. The van der Waals surface area contributed by atoms with E-state index in [0.717, 1.165) is 20.2 Å². The monoisotopic (exact) mass is 582 g/mol. The van der Waals surface area contributed by atoms with Gasteiger partial charge in [0.2, 0.25) is 5.91 Å². The van der Waals surface area contributed by atoms with Crippen molar-refractivity contribution in [2.24, 2.45) is 0 Å². The first-order valence-corrected chi connectivity index (χ1v) is 14.7. The van der Waals surface area contributed by atoms with E-state index < -0.39 is 0 Å². The van der Waals surface area contributed by atoms with Crippen LogP contribution in [0.5, 0.6) is 5.75 Å². The Balaban J connectivity index is 1.42. The first-order chi connectivity index (χ1) is 19.1. The maximum absolute atomic E-state index is 13.4. The van der Waals surface area contributed by atoms with Crippen LogP contribution in [-0.4, -0.2) is 71.9 Å². The van der Waals surface area contributed by atoms with E-state index in [9.17, 15) is 14.4 Å². The summed E-state index contributed by atoms with van der Waals surface area (Å²) in [6, 6.07) is 11.0. The zero-order valence-electron chi connectivity index (χ0n) is 23.4. The van der Waals surface area contributed by atoms with Crippen LogP contribution in [0, 0.1) is 6.92 Å². The summed E-state index contributed by atoms with van der Waals surface area (Å²) in [4.78, 5) is 46.6. The first-order valence-electron chi connectivity index (χ1n) is 13.0. The molecule has 1 aromatic heterocycles. The van der Waals surface area contributed by atoms with Crippen molar-refractivity contribution < 1.29 is 23.9 Å². The van der Waals surface area contributed by atoms with Gasteiger partial charge in [-0.15, -0.1) is 0 Å². The number of amides is 3. The molecule has 11 heteroatoms.